The second-order valence-electron chi connectivity index (χ2n) is 12.1. The number of benzene rings is 7. The Morgan fingerprint density at radius 1 is 0.511 bits per heavy atom. The molecular formula is C43H28N2S2. The smallest absolute Gasteiger partial charge is 0.103 e. The van der Waals surface area contributed by atoms with Gasteiger partial charge in [-0.1, -0.05) is 133 Å². The Labute approximate surface area is 281 Å². The molecule has 10 rings (SSSR count). The van der Waals surface area contributed by atoms with E-state index in [0.717, 1.165) is 5.69 Å². The zero-order valence-electron chi connectivity index (χ0n) is 25.4. The van der Waals surface area contributed by atoms with Crippen molar-refractivity contribution in [2.24, 2.45) is 0 Å². The minimum atomic E-state index is 0.214. The number of thioether (sulfide) groups is 1. The number of nitrogens with zero attached hydrogens (tertiary/aromatic N) is 1. The predicted molar refractivity (Wildman–Crippen MR) is 204 cm³/mol. The average Bonchev–Trinajstić information content (AvgIpc) is 3.83. The van der Waals surface area contributed by atoms with Crippen molar-refractivity contribution >= 4 is 81.7 Å². The maximum atomic E-state index is 3.88. The second-order valence-corrected chi connectivity index (χ2v) is 14.3. The summed E-state index contributed by atoms with van der Waals surface area (Å²) < 4.78 is 2.61. The van der Waals surface area contributed by atoms with Gasteiger partial charge in [0.2, 0.25) is 0 Å². The molecule has 1 N–H and O–H groups in total. The van der Waals surface area contributed by atoms with Crippen molar-refractivity contribution in [3.63, 3.8) is 0 Å². The minimum Gasteiger partial charge on any atom is -0.368 e. The van der Waals surface area contributed by atoms with Crippen molar-refractivity contribution in [1.29, 1.82) is 0 Å². The molecule has 1 aliphatic heterocycles. The van der Waals surface area contributed by atoms with Crippen LogP contribution in [0.3, 0.4) is 0 Å². The van der Waals surface area contributed by atoms with Gasteiger partial charge >= 0.3 is 0 Å². The first-order chi connectivity index (χ1) is 23.3. The number of hydrogen-bond acceptors (Lipinski definition) is 4. The maximum Gasteiger partial charge on any atom is 0.103 e. The molecule has 0 spiro atoms. The lowest BCUT2D eigenvalue weighted by Crippen LogP contribution is -2.13. The number of fused-ring (bicyclic) bond motifs is 5. The van der Waals surface area contributed by atoms with E-state index in [0.29, 0.717) is 0 Å². The van der Waals surface area contributed by atoms with E-state index in [-0.39, 0.29) is 5.37 Å². The van der Waals surface area contributed by atoms with E-state index in [1.165, 1.54) is 80.7 Å². The summed E-state index contributed by atoms with van der Waals surface area (Å²) in [6.45, 7) is 0. The van der Waals surface area contributed by atoms with Crippen LogP contribution in [-0.2, 0) is 0 Å². The third-order valence-electron chi connectivity index (χ3n) is 9.45. The zero-order valence-corrected chi connectivity index (χ0v) is 27.0. The van der Waals surface area contributed by atoms with Gasteiger partial charge in [0.25, 0.3) is 0 Å². The fraction of sp³-hybridized carbons (Fsp3) is 0.0233. The van der Waals surface area contributed by atoms with Gasteiger partial charge in [0, 0.05) is 47.1 Å². The molecule has 0 saturated carbocycles. The van der Waals surface area contributed by atoms with E-state index in [1.807, 2.05) is 23.1 Å². The number of hydrogen-bond donors (Lipinski definition) is 1. The minimum absolute atomic E-state index is 0.214. The summed E-state index contributed by atoms with van der Waals surface area (Å²) in [5.74, 6) is 0. The first kappa shape index (κ1) is 26.9. The number of thiophene rings is 1. The van der Waals surface area contributed by atoms with Gasteiger partial charge in [-0.15, -0.1) is 11.3 Å². The van der Waals surface area contributed by atoms with Gasteiger partial charge in [0.1, 0.15) is 5.37 Å². The van der Waals surface area contributed by atoms with Gasteiger partial charge in [-0.05, 0) is 58.7 Å². The lowest BCUT2D eigenvalue weighted by atomic mass is 9.99. The van der Waals surface area contributed by atoms with E-state index in [4.69, 9.17) is 0 Å². The van der Waals surface area contributed by atoms with Crippen LogP contribution in [0.1, 0.15) is 22.1 Å². The SMILES string of the molecule is c1ccc(-c2cccc(N(c3ccc4c5c(cccc35)C3=C4SC(c4ccccc4)N3)c3cccc4sc5ccccc5c34)c2)cc1. The second kappa shape index (κ2) is 10.6. The molecule has 1 unspecified atom stereocenters. The van der Waals surface area contributed by atoms with E-state index in [9.17, 15) is 0 Å². The number of rotatable bonds is 5. The molecule has 2 aliphatic rings. The topological polar surface area (TPSA) is 15.3 Å². The summed E-state index contributed by atoms with van der Waals surface area (Å²) in [4.78, 5) is 3.84. The van der Waals surface area contributed by atoms with Crippen LogP contribution < -0.4 is 10.2 Å². The summed E-state index contributed by atoms with van der Waals surface area (Å²) in [6, 6.07) is 57.5. The number of anilines is 3. The quantitative estimate of drug-likeness (QED) is 0.202. The molecule has 2 heterocycles. The predicted octanol–water partition coefficient (Wildman–Crippen LogP) is 12.5. The Kier molecular flexibility index (Phi) is 6.08. The van der Waals surface area contributed by atoms with Crippen LogP contribution in [0.5, 0.6) is 0 Å². The van der Waals surface area contributed by atoms with Crippen molar-refractivity contribution < 1.29 is 0 Å². The third kappa shape index (κ3) is 4.19. The van der Waals surface area contributed by atoms with Crippen LogP contribution in [0.15, 0.2) is 158 Å². The molecule has 2 nitrogen and oxygen atoms in total. The van der Waals surface area contributed by atoms with Crippen LogP contribution in [0.2, 0.25) is 0 Å². The Morgan fingerprint density at radius 2 is 1.23 bits per heavy atom. The largest absolute Gasteiger partial charge is 0.368 e. The van der Waals surface area contributed by atoms with Crippen LogP contribution >= 0.6 is 23.1 Å². The van der Waals surface area contributed by atoms with E-state index in [1.54, 1.807) is 0 Å². The highest BCUT2D eigenvalue weighted by atomic mass is 32.2. The van der Waals surface area contributed by atoms with Gasteiger partial charge < -0.3 is 10.2 Å². The Balaban J connectivity index is 1.19. The van der Waals surface area contributed by atoms with E-state index in [2.05, 4.69) is 168 Å². The van der Waals surface area contributed by atoms with Crippen LogP contribution in [0, 0.1) is 0 Å². The summed E-state index contributed by atoms with van der Waals surface area (Å²) >= 11 is 3.80. The Hall–Kier alpha value is -5.29. The van der Waals surface area contributed by atoms with Gasteiger partial charge in [-0.2, -0.15) is 0 Å². The standard InChI is InChI=1S/C43H28N2S2/c1-3-12-27(13-4-1)29-16-9-17-30(26-29)45(36-21-11-23-38-40(36)32-18-7-8-22-37(32)46-38)35-25-24-34-39-31(35)19-10-20-33(39)41-42(34)47-43(44-41)28-14-5-2-6-15-28/h1-26,43-44H. The molecule has 0 amide bonds. The van der Waals surface area contributed by atoms with Crippen LogP contribution in [0.4, 0.5) is 17.1 Å². The van der Waals surface area contributed by atoms with Crippen molar-refractivity contribution in [2.45, 2.75) is 5.37 Å². The van der Waals surface area contributed by atoms with Crippen molar-refractivity contribution in [2.75, 3.05) is 4.90 Å². The highest BCUT2D eigenvalue weighted by Gasteiger charge is 2.35. The number of nitrogens with one attached hydrogen (secondary N) is 1. The normalized spacial score (nSPS) is 15.0. The van der Waals surface area contributed by atoms with Gasteiger partial charge in [-0.3, -0.25) is 0 Å². The molecular weight excluding hydrogens is 609 g/mol. The summed E-state index contributed by atoms with van der Waals surface area (Å²) in [6.07, 6.45) is 0. The molecule has 8 aromatic rings. The molecule has 222 valence electrons. The first-order valence-electron chi connectivity index (χ1n) is 16.0. The lowest BCUT2D eigenvalue weighted by molar-refractivity contribution is 0.882. The zero-order chi connectivity index (χ0) is 30.9. The van der Waals surface area contributed by atoms with Crippen molar-refractivity contribution in [1.82, 2.24) is 5.32 Å². The molecule has 0 bridgehead atoms. The molecule has 0 radical (unpaired) electrons. The van der Waals surface area contributed by atoms with Gasteiger partial charge in [-0.25, -0.2) is 0 Å². The Morgan fingerprint density at radius 3 is 2.13 bits per heavy atom. The monoisotopic (exact) mass is 636 g/mol. The molecule has 47 heavy (non-hydrogen) atoms. The molecule has 1 atom stereocenters. The fourth-order valence-electron chi connectivity index (χ4n) is 7.37. The first-order valence-corrected chi connectivity index (χ1v) is 17.7. The average molecular weight is 637 g/mol. The molecule has 0 fully saturated rings. The molecule has 7 aromatic carbocycles. The molecule has 1 aliphatic carbocycles. The Bertz CT molecular complexity index is 2510. The van der Waals surface area contributed by atoms with E-state index >= 15 is 0 Å². The highest BCUT2D eigenvalue weighted by molar-refractivity contribution is 8.09. The van der Waals surface area contributed by atoms with Gasteiger partial charge in [0.05, 0.1) is 17.1 Å². The van der Waals surface area contributed by atoms with E-state index < -0.39 is 0 Å². The fourth-order valence-corrected chi connectivity index (χ4v) is 9.79. The molecule has 0 saturated heterocycles. The molecule has 4 heteroatoms. The summed E-state index contributed by atoms with van der Waals surface area (Å²) in [5, 5.41) is 9.28. The maximum absolute atomic E-state index is 3.88. The summed E-state index contributed by atoms with van der Waals surface area (Å²) in [5.41, 5.74) is 11.1. The third-order valence-corrected chi connectivity index (χ3v) is 11.9. The van der Waals surface area contributed by atoms with Crippen molar-refractivity contribution in [3.05, 3.63) is 174 Å². The van der Waals surface area contributed by atoms with Crippen LogP contribution in [0.25, 0.3) is 52.7 Å². The van der Waals surface area contributed by atoms with Crippen LogP contribution in [-0.4, -0.2) is 0 Å². The van der Waals surface area contributed by atoms with Gasteiger partial charge in [0.15, 0.2) is 0 Å². The summed E-state index contributed by atoms with van der Waals surface area (Å²) in [7, 11) is 0. The highest BCUT2D eigenvalue weighted by Crippen LogP contribution is 2.57. The lowest BCUT2D eigenvalue weighted by Gasteiger charge is -2.29. The van der Waals surface area contributed by atoms with Crippen molar-refractivity contribution in [3.8, 4) is 11.1 Å². The molecule has 1 aromatic heterocycles.